The molecule has 0 aliphatic heterocycles. The van der Waals surface area contributed by atoms with Crippen molar-refractivity contribution in [3.8, 4) is 0 Å². The summed E-state index contributed by atoms with van der Waals surface area (Å²) in [5.41, 5.74) is 6.12. The van der Waals surface area contributed by atoms with Crippen LogP contribution < -0.4 is 16.4 Å². The van der Waals surface area contributed by atoms with Gasteiger partial charge in [0.1, 0.15) is 0 Å². The van der Waals surface area contributed by atoms with Crippen LogP contribution in [0.5, 0.6) is 0 Å². The molecule has 1 aromatic rings. The smallest absolute Gasteiger partial charge is 0.240 e. The third-order valence-electron chi connectivity index (χ3n) is 3.21. The maximum absolute atomic E-state index is 11.6. The van der Waals surface area contributed by atoms with E-state index in [-0.39, 0.29) is 18.2 Å². The highest BCUT2D eigenvalue weighted by Crippen LogP contribution is 2.31. The summed E-state index contributed by atoms with van der Waals surface area (Å²) in [7, 11) is 0. The summed E-state index contributed by atoms with van der Waals surface area (Å²) in [5.74, 6) is -0.227. The molecule has 5 heteroatoms. The number of rotatable bonds is 6. The van der Waals surface area contributed by atoms with Gasteiger partial charge >= 0.3 is 0 Å². The fraction of sp³-hybridized carbons (Fsp3) is 0.429. The quantitative estimate of drug-likeness (QED) is 0.688. The van der Waals surface area contributed by atoms with Crippen molar-refractivity contribution in [2.45, 2.75) is 31.3 Å². The molecule has 1 aliphatic carbocycles. The van der Waals surface area contributed by atoms with Crippen molar-refractivity contribution in [3.63, 3.8) is 0 Å². The summed E-state index contributed by atoms with van der Waals surface area (Å²) in [4.78, 5) is 23.1. The van der Waals surface area contributed by atoms with Crippen LogP contribution in [0, 0.1) is 0 Å². The number of nitrogens with one attached hydrogen (secondary N) is 2. The number of nitrogens with two attached hydrogens (primary N) is 1. The van der Waals surface area contributed by atoms with Crippen LogP contribution >= 0.6 is 0 Å². The minimum absolute atomic E-state index is 0.0778. The summed E-state index contributed by atoms with van der Waals surface area (Å²) >= 11 is 0. The summed E-state index contributed by atoms with van der Waals surface area (Å²) in [5, 5.41) is 5.49. The van der Waals surface area contributed by atoms with Gasteiger partial charge in [0.2, 0.25) is 11.8 Å². The molecule has 0 heterocycles. The SMILES string of the molecule is NC1(C(=O)NCCC(=O)NCc2ccccc2)CC1. The molecule has 5 nitrogen and oxygen atoms in total. The van der Waals surface area contributed by atoms with Gasteiger partial charge < -0.3 is 16.4 Å². The zero-order valence-corrected chi connectivity index (χ0v) is 10.8. The van der Waals surface area contributed by atoms with Crippen LogP contribution in [0.2, 0.25) is 0 Å². The predicted molar refractivity (Wildman–Crippen MR) is 72.1 cm³/mol. The van der Waals surface area contributed by atoms with E-state index >= 15 is 0 Å². The first-order valence-electron chi connectivity index (χ1n) is 6.48. The minimum Gasteiger partial charge on any atom is -0.354 e. The molecule has 1 aliphatic rings. The van der Waals surface area contributed by atoms with Crippen molar-refractivity contribution in [3.05, 3.63) is 35.9 Å². The third-order valence-corrected chi connectivity index (χ3v) is 3.21. The van der Waals surface area contributed by atoms with Crippen LogP contribution in [0.25, 0.3) is 0 Å². The first-order chi connectivity index (χ1) is 9.10. The van der Waals surface area contributed by atoms with Crippen LogP contribution in [0.1, 0.15) is 24.8 Å². The zero-order valence-electron chi connectivity index (χ0n) is 10.8. The largest absolute Gasteiger partial charge is 0.354 e. The normalized spacial score (nSPS) is 15.6. The van der Waals surface area contributed by atoms with Crippen LogP contribution in [-0.2, 0) is 16.1 Å². The fourth-order valence-corrected chi connectivity index (χ4v) is 1.71. The van der Waals surface area contributed by atoms with E-state index in [0.29, 0.717) is 13.1 Å². The molecule has 1 aromatic carbocycles. The van der Waals surface area contributed by atoms with Crippen molar-refractivity contribution in [1.29, 1.82) is 0 Å². The van der Waals surface area contributed by atoms with E-state index in [1.807, 2.05) is 30.3 Å². The van der Waals surface area contributed by atoms with Crippen LogP contribution in [0.15, 0.2) is 30.3 Å². The number of hydrogen-bond acceptors (Lipinski definition) is 3. The second-order valence-corrected chi connectivity index (χ2v) is 4.92. The van der Waals surface area contributed by atoms with Gasteiger partial charge in [0.05, 0.1) is 5.54 Å². The van der Waals surface area contributed by atoms with Crippen molar-refractivity contribution in [1.82, 2.24) is 10.6 Å². The average Bonchev–Trinajstić information content (AvgIpc) is 3.17. The molecule has 19 heavy (non-hydrogen) atoms. The predicted octanol–water partition coefficient (Wildman–Crippen LogP) is 0.300. The molecule has 1 fully saturated rings. The van der Waals surface area contributed by atoms with Gasteiger partial charge in [0.25, 0.3) is 0 Å². The Hall–Kier alpha value is -1.88. The molecule has 0 bridgehead atoms. The summed E-state index contributed by atoms with van der Waals surface area (Å²) in [6.45, 7) is 0.840. The number of benzene rings is 1. The molecule has 0 spiro atoms. The maximum Gasteiger partial charge on any atom is 0.240 e. The second-order valence-electron chi connectivity index (χ2n) is 4.92. The first-order valence-corrected chi connectivity index (χ1v) is 6.48. The molecule has 0 saturated heterocycles. The Kier molecular flexibility index (Phi) is 4.16. The molecule has 0 atom stereocenters. The van der Waals surface area contributed by atoms with Crippen LogP contribution in [0.3, 0.4) is 0 Å². The first kappa shape index (κ1) is 13.5. The van der Waals surface area contributed by atoms with Crippen LogP contribution in [0.4, 0.5) is 0 Å². The van der Waals surface area contributed by atoms with E-state index in [4.69, 9.17) is 5.73 Å². The Morgan fingerprint density at radius 2 is 1.84 bits per heavy atom. The second kappa shape index (κ2) is 5.84. The van der Waals surface area contributed by atoms with Gasteiger partial charge in [-0.2, -0.15) is 0 Å². The lowest BCUT2D eigenvalue weighted by atomic mass is 10.2. The van der Waals surface area contributed by atoms with E-state index in [2.05, 4.69) is 10.6 Å². The van der Waals surface area contributed by atoms with Gasteiger partial charge in [-0.1, -0.05) is 30.3 Å². The number of carbonyl (C=O) groups excluding carboxylic acids is 2. The van der Waals surface area contributed by atoms with Gasteiger partial charge in [0.15, 0.2) is 0 Å². The molecule has 1 saturated carbocycles. The zero-order chi connectivity index (χ0) is 13.7. The monoisotopic (exact) mass is 261 g/mol. The third kappa shape index (κ3) is 4.06. The minimum atomic E-state index is -0.666. The Morgan fingerprint density at radius 3 is 2.47 bits per heavy atom. The number of amides is 2. The van der Waals surface area contributed by atoms with Gasteiger partial charge in [-0.05, 0) is 18.4 Å². The van der Waals surface area contributed by atoms with Gasteiger partial charge in [0, 0.05) is 19.5 Å². The molecule has 2 rings (SSSR count). The highest BCUT2D eigenvalue weighted by atomic mass is 16.2. The molecule has 4 N–H and O–H groups in total. The maximum atomic E-state index is 11.6. The lowest BCUT2D eigenvalue weighted by Crippen LogP contribution is -2.43. The van der Waals surface area contributed by atoms with Crippen molar-refractivity contribution < 1.29 is 9.59 Å². The van der Waals surface area contributed by atoms with Crippen molar-refractivity contribution >= 4 is 11.8 Å². The van der Waals surface area contributed by atoms with Crippen LogP contribution in [-0.4, -0.2) is 23.9 Å². The molecular formula is C14H19N3O2. The van der Waals surface area contributed by atoms with E-state index in [1.54, 1.807) is 0 Å². The summed E-state index contributed by atoms with van der Waals surface area (Å²) in [6, 6.07) is 9.69. The molecular weight excluding hydrogens is 242 g/mol. The van der Waals surface area contributed by atoms with E-state index in [9.17, 15) is 9.59 Å². The highest BCUT2D eigenvalue weighted by Gasteiger charge is 2.45. The lowest BCUT2D eigenvalue weighted by molar-refractivity contribution is -0.123. The topological polar surface area (TPSA) is 84.2 Å². The lowest BCUT2D eigenvalue weighted by Gasteiger charge is -2.10. The fourth-order valence-electron chi connectivity index (χ4n) is 1.71. The van der Waals surface area contributed by atoms with Crippen molar-refractivity contribution in [2.75, 3.05) is 6.54 Å². The Bertz CT molecular complexity index is 455. The summed E-state index contributed by atoms with van der Waals surface area (Å²) < 4.78 is 0. The van der Waals surface area contributed by atoms with E-state index < -0.39 is 5.54 Å². The standard InChI is InChI=1S/C14H19N3O2/c15-14(7-8-14)13(19)16-9-6-12(18)17-10-11-4-2-1-3-5-11/h1-5H,6-10,15H2,(H,16,19)(H,17,18). The van der Waals surface area contributed by atoms with Gasteiger partial charge in [-0.25, -0.2) is 0 Å². The number of hydrogen-bond donors (Lipinski definition) is 3. The Morgan fingerprint density at radius 1 is 1.16 bits per heavy atom. The van der Waals surface area contributed by atoms with E-state index in [1.165, 1.54) is 0 Å². The Labute approximate surface area is 112 Å². The average molecular weight is 261 g/mol. The molecule has 0 unspecified atom stereocenters. The van der Waals surface area contributed by atoms with Gasteiger partial charge in [-0.15, -0.1) is 0 Å². The molecule has 0 radical (unpaired) electrons. The molecule has 2 amide bonds. The number of carbonyl (C=O) groups is 2. The molecule has 102 valence electrons. The van der Waals surface area contributed by atoms with E-state index in [0.717, 1.165) is 18.4 Å². The van der Waals surface area contributed by atoms with Gasteiger partial charge in [-0.3, -0.25) is 9.59 Å². The van der Waals surface area contributed by atoms with Crippen molar-refractivity contribution in [2.24, 2.45) is 5.73 Å². The molecule has 0 aromatic heterocycles. The highest BCUT2D eigenvalue weighted by molar-refractivity contribution is 5.89. The summed E-state index contributed by atoms with van der Waals surface area (Å²) in [6.07, 6.45) is 1.74. The Balaban J connectivity index is 1.61.